The fourth-order valence-corrected chi connectivity index (χ4v) is 3.23. The minimum atomic E-state index is -3.80. The van der Waals surface area contributed by atoms with Gasteiger partial charge in [-0.15, -0.1) is 0 Å². The molecule has 0 aliphatic rings. The zero-order valence-corrected chi connectivity index (χ0v) is 12.8. The molecule has 0 aliphatic heterocycles. The van der Waals surface area contributed by atoms with Crippen molar-refractivity contribution in [2.24, 2.45) is 0 Å². The molecule has 0 bridgehead atoms. The predicted molar refractivity (Wildman–Crippen MR) is 75.1 cm³/mol. The normalized spacial score (nSPS) is 14.2. The lowest BCUT2D eigenvalue weighted by molar-refractivity contribution is 0.199. The van der Waals surface area contributed by atoms with Crippen molar-refractivity contribution in [3.63, 3.8) is 0 Å². The topological polar surface area (TPSA) is 113 Å². The van der Waals surface area contributed by atoms with Crippen LogP contribution >= 0.6 is 0 Å². The lowest BCUT2D eigenvalue weighted by Crippen LogP contribution is -2.33. The van der Waals surface area contributed by atoms with Crippen molar-refractivity contribution in [1.82, 2.24) is 9.44 Å². The summed E-state index contributed by atoms with van der Waals surface area (Å²) in [5.41, 5.74) is 0.468. The molecule has 0 aromatic heterocycles. The van der Waals surface area contributed by atoms with Gasteiger partial charge in [-0.2, -0.15) is 0 Å². The monoisotopic (exact) mass is 322 g/mol. The second-order valence-electron chi connectivity index (χ2n) is 4.17. The molecule has 1 aromatic carbocycles. The average molecular weight is 322 g/mol. The van der Waals surface area contributed by atoms with E-state index >= 15 is 0 Å². The Labute approximate surface area is 119 Å². The summed E-state index contributed by atoms with van der Waals surface area (Å²) in [6.45, 7) is 1.29. The first kappa shape index (κ1) is 17.1. The highest BCUT2D eigenvalue weighted by molar-refractivity contribution is 7.90. The van der Waals surface area contributed by atoms with Gasteiger partial charge in [-0.3, -0.25) is 0 Å². The molecule has 0 radical (unpaired) electrons. The zero-order chi connectivity index (χ0) is 15.4. The molecule has 0 fully saturated rings. The van der Waals surface area contributed by atoms with E-state index in [-0.39, 0.29) is 17.2 Å². The maximum atomic E-state index is 12.0. The fraction of sp³-hybridized carbons (Fsp3) is 0.455. The van der Waals surface area contributed by atoms with Crippen LogP contribution in [-0.4, -0.2) is 41.3 Å². The first-order valence-corrected chi connectivity index (χ1v) is 9.00. The molecule has 0 aliphatic carbocycles. The van der Waals surface area contributed by atoms with Crippen LogP contribution in [0.25, 0.3) is 0 Å². The number of hydrogen-bond donors (Lipinski definition) is 3. The van der Waals surface area contributed by atoms with Crippen LogP contribution in [0.2, 0.25) is 0 Å². The SMILES string of the molecule is CNS(=O)(=O)CCNS(=O)(=O)c1cccc(C(C)O)c1. The maximum absolute atomic E-state index is 12.0. The molecule has 1 aromatic rings. The van der Waals surface area contributed by atoms with Crippen molar-refractivity contribution in [3.8, 4) is 0 Å². The van der Waals surface area contributed by atoms with E-state index in [1.54, 1.807) is 6.07 Å². The Kier molecular flexibility index (Phi) is 5.66. The van der Waals surface area contributed by atoms with Gasteiger partial charge >= 0.3 is 0 Å². The Morgan fingerprint density at radius 3 is 2.45 bits per heavy atom. The predicted octanol–water partition coefficient (Wildman–Crippen LogP) is -0.433. The van der Waals surface area contributed by atoms with Crippen molar-refractivity contribution < 1.29 is 21.9 Å². The molecule has 114 valence electrons. The highest BCUT2D eigenvalue weighted by atomic mass is 32.2. The van der Waals surface area contributed by atoms with Crippen LogP contribution in [0.4, 0.5) is 0 Å². The molecule has 20 heavy (non-hydrogen) atoms. The third kappa shape index (κ3) is 4.84. The van der Waals surface area contributed by atoms with Crippen LogP contribution in [0, 0.1) is 0 Å². The second kappa shape index (κ2) is 6.64. The lowest BCUT2D eigenvalue weighted by atomic mass is 10.1. The molecule has 7 nitrogen and oxygen atoms in total. The van der Waals surface area contributed by atoms with E-state index in [1.807, 2.05) is 0 Å². The van der Waals surface area contributed by atoms with Gasteiger partial charge in [-0.05, 0) is 31.7 Å². The summed E-state index contributed by atoms with van der Waals surface area (Å²) in [6, 6.07) is 5.84. The molecule has 1 unspecified atom stereocenters. The Hall–Kier alpha value is -1.00. The van der Waals surface area contributed by atoms with Gasteiger partial charge in [0.2, 0.25) is 20.0 Å². The van der Waals surface area contributed by atoms with E-state index in [1.165, 1.54) is 32.2 Å². The van der Waals surface area contributed by atoms with E-state index in [0.29, 0.717) is 5.56 Å². The third-order valence-corrected chi connectivity index (χ3v) is 5.45. The summed E-state index contributed by atoms with van der Waals surface area (Å²) >= 11 is 0. The Balaban J connectivity index is 2.82. The molecule has 3 N–H and O–H groups in total. The molecule has 0 amide bonds. The summed E-state index contributed by atoms with van der Waals surface area (Å²) in [5.74, 6) is -0.348. The smallest absolute Gasteiger partial charge is 0.240 e. The maximum Gasteiger partial charge on any atom is 0.240 e. The number of rotatable bonds is 7. The molecule has 1 rings (SSSR count). The molecule has 0 spiro atoms. The van der Waals surface area contributed by atoms with E-state index in [2.05, 4.69) is 9.44 Å². The van der Waals surface area contributed by atoms with Gasteiger partial charge in [0.1, 0.15) is 0 Å². The van der Waals surface area contributed by atoms with Gasteiger partial charge in [0.05, 0.1) is 16.8 Å². The Morgan fingerprint density at radius 1 is 1.25 bits per heavy atom. The van der Waals surface area contributed by atoms with Crippen molar-refractivity contribution >= 4 is 20.0 Å². The summed E-state index contributed by atoms with van der Waals surface area (Å²) < 4.78 is 50.6. The molecule has 0 saturated carbocycles. The average Bonchev–Trinajstić information content (AvgIpc) is 2.38. The van der Waals surface area contributed by atoms with Crippen molar-refractivity contribution in [2.75, 3.05) is 19.3 Å². The first-order chi connectivity index (χ1) is 9.18. The van der Waals surface area contributed by atoms with Gasteiger partial charge in [-0.1, -0.05) is 12.1 Å². The van der Waals surface area contributed by atoms with E-state index < -0.39 is 26.2 Å². The van der Waals surface area contributed by atoms with Crippen molar-refractivity contribution in [2.45, 2.75) is 17.9 Å². The summed E-state index contributed by atoms with van der Waals surface area (Å²) in [7, 11) is -6.00. The number of sulfonamides is 2. The number of nitrogens with one attached hydrogen (secondary N) is 2. The van der Waals surface area contributed by atoms with Gasteiger partial charge in [0, 0.05) is 6.54 Å². The quantitative estimate of drug-likeness (QED) is 0.630. The summed E-state index contributed by atoms with van der Waals surface area (Å²) in [5, 5.41) is 9.43. The Morgan fingerprint density at radius 2 is 1.90 bits per heavy atom. The van der Waals surface area contributed by atoms with Crippen LogP contribution in [0.5, 0.6) is 0 Å². The minimum Gasteiger partial charge on any atom is -0.389 e. The third-order valence-electron chi connectivity index (χ3n) is 2.62. The van der Waals surface area contributed by atoms with Crippen molar-refractivity contribution in [3.05, 3.63) is 29.8 Å². The second-order valence-corrected chi connectivity index (χ2v) is 7.98. The largest absolute Gasteiger partial charge is 0.389 e. The van der Waals surface area contributed by atoms with Crippen molar-refractivity contribution in [1.29, 1.82) is 0 Å². The van der Waals surface area contributed by atoms with E-state index in [4.69, 9.17) is 0 Å². The Bertz CT molecular complexity index is 653. The highest BCUT2D eigenvalue weighted by Gasteiger charge is 2.16. The highest BCUT2D eigenvalue weighted by Crippen LogP contribution is 2.16. The standard InChI is InChI=1S/C11H18N2O5S2/c1-9(14)10-4-3-5-11(8-10)20(17,18)13-6-7-19(15,16)12-2/h3-5,8-9,12-14H,6-7H2,1-2H3. The van der Waals surface area contributed by atoms with Gasteiger partial charge in [0.15, 0.2) is 0 Å². The lowest BCUT2D eigenvalue weighted by Gasteiger charge is -2.09. The number of hydrogen-bond acceptors (Lipinski definition) is 5. The molecule has 0 heterocycles. The van der Waals surface area contributed by atoms with Crippen LogP contribution < -0.4 is 9.44 Å². The van der Waals surface area contributed by atoms with Crippen LogP contribution in [0.3, 0.4) is 0 Å². The minimum absolute atomic E-state index is 0.0160. The zero-order valence-electron chi connectivity index (χ0n) is 11.2. The van der Waals surface area contributed by atoms with Gasteiger partial charge in [-0.25, -0.2) is 26.3 Å². The molecular formula is C11H18N2O5S2. The van der Waals surface area contributed by atoms with Crippen LogP contribution in [0.15, 0.2) is 29.2 Å². The van der Waals surface area contributed by atoms with Gasteiger partial charge < -0.3 is 5.11 Å². The molecule has 9 heteroatoms. The fourth-order valence-electron chi connectivity index (χ4n) is 1.44. The van der Waals surface area contributed by atoms with Crippen LogP contribution in [-0.2, 0) is 20.0 Å². The number of benzene rings is 1. The number of aliphatic hydroxyl groups is 1. The molecule has 1 atom stereocenters. The summed E-state index contributed by atoms with van der Waals surface area (Å²) in [6.07, 6.45) is -0.783. The first-order valence-electron chi connectivity index (χ1n) is 5.87. The van der Waals surface area contributed by atoms with Gasteiger partial charge in [0.25, 0.3) is 0 Å². The molecule has 0 saturated heterocycles. The van der Waals surface area contributed by atoms with E-state index in [0.717, 1.165) is 0 Å². The molecular weight excluding hydrogens is 304 g/mol. The number of aliphatic hydroxyl groups excluding tert-OH is 1. The summed E-state index contributed by atoms with van der Waals surface area (Å²) in [4.78, 5) is -0.0160. The van der Waals surface area contributed by atoms with E-state index in [9.17, 15) is 21.9 Å². The van der Waals surface area contributed by atoms with Crippen LogP contribution in [0.1, 0.15) is 18.6 Å².